The van der Waals surface area contributed by atoms with Crippen LogP contribution in [0.25, 0.3) is 0 Å². The van der Waals surface area contributed by atoms with E-state index in [1.165, 1.54) is 4.90 Å². The van der Waals surface area contributed by atoms with Gasteiger partial charge in [0, 0.05) is 18.7 Å². The van der Waals surface area contributed by atoms with E-state index in [0.717, 1.165) is 0 Å². The Bertz CT molecular complexity index is 1800. The summed E-state index contributed by atoms with van der Waals surface area (Å²) in [4.78, 5) is 60.0. The van der Waals surface area contributed by atoms with Gasteiger partial charge in [-0.25, -0.2) is 0 Å². The van der Waals surface area contributed by atoms with E-state index in [1.54, 1.807) is 84.8 Å². The molecule has 0 aliphatic carbocycles. The molecule has 4 aliphatic heterocycles. The van der Waals surface area contributed by atoms with Crippen LogP contribution in [0.1, 0.15) is 36.1 Å². The molecule has 2 saturated heterocycles. The maximum absolute atomic E-state index is 15.0. The van der Waals surface area contributed by atoms with Crippen LogP contribution in [0.15, 0.2) is 109 Å². The molecule has 0 aromatic heterocycles. The van der Waals surface area contributed by atoms with E-state index in [0.29, 0.717) is 29.0 Å². The second kappa shape index (κ2) is 13.9. The summed E-state index contributed by atoms with van der Waals surface area (Å²) in [5, 5.41) is 13.7. The van der Waals surface area contributed by atoms with Crippen molar-refractivity contribution < 1.29 is 38.5 Å². The molecule has 4 heterocycles. The second-order valence-corrected chi connectivity index (χ2v) is 12.9. The lowest BCUT2D eigenvalue weighted by molar-refractivity contribution is -0.160. The quantitative estimate of drug-likeness (QED) is 0.298. The number of benzene rings is 3. The van der Waals surface area contributed by atoms with E-state index in [9.17, 15) is 19.5 Å². The number of anilines is 1. The van der Waals surface area contributed by atoms with Crippen molar-refractivity contribution in [2.24, 2.45) is 11.8 Å². The van der Waals surface area contributed by atoms with E-state index in [2.05, 4.69) is 5.32 Å². The molecule has 2 fully saturated rings. The van der Waals surface area contributed by atoms with E-state index in [1.807, 2.05) is 36.4 Å². The highest BCUT2D eigenvalue weighted by Crippen LogP contribution is 2.55. The number of aliphatic hydroxyl groups excluding tert-OH is 1. The lowest BCUT2D eigenvalue weighted by atomic mass is 9.77. The number of aliphatic hydroxyl groups is 1. The number of hydrogen-bond donors (Lipinski definition) is 2. The van der Waals surface area contributed by atoms with Crippen molar-refractivity contribution in [3.63, 3.8) is 0 Å². The lowest BCUT2D eigenvalue weighted by Gasteiger charge is -2.38. The topological polar surface area (TPSA) is 135 Å². The highest BCUT2D eigenvalue weighted by atomic mass is 16.6. The van der Waals surface area contributed by atoms with Crippen molar-refractivity contribution in [3.05, 3.63) is 120 Å². The Kier molecular flexibility index (Phi) is 9.26. The lowest BCUT2D eigenvalue weighted by Crippen LogP contribution is -2.56. The zero-order valence-corrected chi connectivity index (χ0v) is 27.6. The Morgan fingerprint density at radius 2 is 1.66 bits per heavy atom. The number of cyclic esters (lactones) is 1. The van der Waals surface area contributed by atoms with Gasteiger partial charge in [-0.1, -0.05) is 85.0 Å². The van der Waals surface area contributed by atoms with Gasteiger partial charge in [0.15, 0.2) is 0 Å². The van der Waals surface area contributed by atoms with Gasteiger partial charge in [0.25, 0.3) is 5.91 Å². The number of carbonyl (C=O) groups excluding carboxylic acids is 4. The number of allylic oxidation sites excluding steroid dienone is 1. The third kappa shape index (κ3) is 5.86. The molecule has 3 aromatic rings. The molecule has 0 radical (unpaired) electrons. The first-order chi connectivity index (χ1) is 24.4. The molecule has 11 nitrogen and oxygen atoms in total. The minimum atomic E-state index is -1.58. The summed E-state index contributed by atoms with van der Waals surface area (Å²) in [6.45, 7) is -0.246. The van der Waals surface area contributed by atoms with Gasteiger partial charge in [0.2, 0.25) is 11.8 Å². The normalized spacial score (nSPS) is 29.4. The molecule has 3 amide bonds. The summed E-state index contributed by atoms with van der Waals surface area (Å²) in [5.41, 5.74) is 0.320. The Balaban J connectivity index is 1.35. The number of ether oxygens (including phenoxy) is 3. The molecule has 1 spiro atoms. The molecule has 7 atom stereocenters. The number of carbonyl (C=O) groups is 4. The number of rotatable bonds is 6. The molecular weight excluding hydrogens is 638 g/mol. The number of amides is 3. The summed E-state index contributed by atoms with van der Waals surface area (Å²) >= 11 is 0. The van der Waals surface area contributed by atoms with E-state index in [4.69, 9.17) is 14.2 Å². The SMILES string of the molecule is COc1ccc(N2CC=C[C@]34O[C@@H]5/C=C\CCC(=O)NC[C@@H](c6ccccc6)OC(=O)[C@@H]5[C@H]3C(=O)N([C@H](CO)c3ccccc3)[C@@H]4C2=O)cc1. The monoisotopic (exact) mass is 677 g/mol. The molecule has 50 heavy (non-hydrogen) atoms. The number of fused-ring (bicyclic) bond motifs is 2. The van der Waals surface area contributed by atoms with Crippen LogP contribution >= 0.6 is 0 Å². The number of nitrogens with one attached hydrogen (secondary N) is 1. The number of esters is 1. The highest BCUT2D eigenvalue weighted by molar-refractivity contribution is 6.05. The van der Waals surface area contributed by atoms with Crippen LogP contribution < -0.4 is 15.0 Å². The maximum atomic E-state index is 15.0. The van der Waals surface area contributed by atoms with E-state index < -0.39 is 66.1 Å². The van der Waals surface area contributed by atoms with Gasteiger partial charge in [-0.05, 0) is 41.8 Å². The number of likely N-dealkylation sites (tertiary alicyclic amines) is 1. The third-order valence-electron chi connectivity index (χ3n) is 10.1. The molecule has 4 aliphatic rings. The standard InChI is InChI=1S/C39H39N3O8/c1-48-28-19-17-27(18-20-28)41-22-10-21-39-34(36(45)42(35(39)37(41)46)29(24-43)25-11-4-2-5-12-25)33-30(50-39)15-8-9-16-32(44)40-23-31(49-38(33)47)26-13-6-3-7-14-26/h2-8,10-15,17-21,29-31,33-35,43H,9,16,22-24H2,1H3,(H,40,44)/b15-8-/t29-,30-,31+,33+,34+,35-,39+/m1/s1. The van der Waals surface area contributed by atoms with Crippen molar-refractivity contribution in [2.45, 2.75) is 42.7 Å². The molecule has 7 rings (SSSR count). The molecule has 2 N–H and O–H groups in total. The Morgan fingerprint density at radius 1 is 0.940 bits per heavy atom. The van der Waals surface area contributed by atoms with Gasteiger partial charge in [-0.3, -0.25) is 19.2 Å². The zero-order chi connectivity index (χ0) is 34.8. The van der Waals surface area contributed by atoms with Crippen LogP contribution in [0.5, 0.6) is 5.75 Å². The van der Waals surface area contributed by atoms with Crippen LogP contribution in [0.3, 0.4) is 0 Å². The molecule has 0 bridgehead atoms. The summed E-state index contributed by atoms with van der Waals surface area (Å²) in [7, 11) is 1.56. The Morgan fingerprint density at radius 3 is 2.36 bits per heavy atom. The van der Waals surface area contributed by atoms with Crippen molar-refractivity contribution >= 4 is 29.4 Å². The fraction of sp³-hybridized carbons (Fsp3) is 0.333. The molecule has 3 aromatic carbocycles. The molecule has 0 saturated carbocycles. The minimum Gasteiger partial charge on any atom is -0.497 e. The first-order valence-electron chi connectivity index (χ1n) is 16.8. The highest BCUT2D eigenvalue weighted by Gasteiger charge is 2.72. The summed E-state index contributed by atoms with van der Waals surface area (Å²) < 4.78 is 18.3. The summed E-state index contributed by atoms with van der Waals surface area (Å²) in [5.74, 6) is -3.46. The minimum absolute atomic E-state index is 0.0465. The fourth-order valence-electron chi connectivity index (χ4n) is 7.71. The van der Waals surface area contributed by atoms with Gasteiger partial charge in [-0.15, -0.1) is 0 Å². The van der Waals surface area contributed by atoms with Gasteiger partial charge >= 0.3 is 5.97 Å². The van der Waals surface area contributed by atoms with Gasteiger partial charge in [0.1, 0.15) is 29.4 Å². The van der Waals surface area contributed by atoms with Gasteiger partial charge in [0.05, 0.1) is 38.3 Å². The van der Waals surface area contributed by atoms with Crippen molar-refractivity contribution in [1.82, 2.24) is 10.2 Å². The maximum Gasteiger partial charge on any atom is 0.313 e. The molecule has 258 valence electrons. The van der Waals surface area contributed by atoms with Crippen LogP contribution in [0.2, 0.25) is 0 Å². The average molecular weight is 678 g/mol. The number of nitrogens with zero attached hydrogens (tertiary/aromatic N) is 2. The second-order valence-electron chi connectivity index (χ2n) is 12.9. The van der Waals surface area contributed by atoms with Crippen LogP contribution in [0, 0.1) is 11.8 Å². The predicted molar refractivity (Wildman–Crippen MR) is 183 cm³/mol. The van der Waals surface area contributed by atoms with Crippen molar-refractivity contribution in [2.75, 3.05) is 31.7 Å². The van der Waals surface area contributed by atoms with E-state index in [-0.39, 0.29) is 25.4 Å². The summed E-state index contributed by atoms with van der Waals surface area (Å²) in [6.07, 6.45) is 5.82. The fourth-order valence-corrected chi connectivity index (χ4v) is 7.71. The Labute approximate surface area is 290 Å². The summed E-state index contributed by atoms with van der Waals surface area (Å²) in [6, 6.07) is 23.0. The van der Waals surface area contributed by atoms with Gasteiger partial charge < -0.3 is 34.4 Å². The van der Waals surface area contributed by atoms with Gasteiger partial charge in [-0.2, -0.15) is 0 Å². The van der Waals surface area contributed by atoms with Crippen LogP contribution in [-0.4, -0.2) is 78.3 Å². The first kappa shape index (κ1) is 33.2. The van der Waals surface area contributed by atoms with Crippen LogP contribution in [-0.2, 0) is 28.7 Å². The average Bonchev–Trinajstić information content (AvgIpc) is 3.53. The Hall–Kier alpha value is -5.26. The van der Waals surface area contributed by atoms with Crippen molar-refractivity contribution in [1.29, 1.82) is 0 Å². The molecule has 0 unspecified atom stereocenters. The first-order valence-corrected chi connectivity index (χ1v) is 16.8. The smallest absolute Gasteiger partial charge is 0.313 e. The molecule has 11 heteroatoms. The van der Waals surface area contributed by atoms with Crippen LogP contribution in [0.4, 0.5) is 5.69 Å². The van der Waals surface area contributed by atoms with E-state index >= 15 is 4.79 Å². The predicted octanol–water partition coefficient (Wildman–Crippen LogP) is 3.66. The zero-order valence-electron chi connectivity index (χ0n) is 27.6. The number of methoxy groups -OCH3 is 1. The number of hydrogen-bond acceptors (Lipinski definition) is 8. The van der Waals surface area contributed by atoms with Crippen molar-refractivity contribution in [3.8, 4) is 5.75 Å². The molecular formula is C39H39N3O8. The largest absolute Gasteiger partial charge is 0.497 e. The third-order valence-corrected chi connectivity index (χ3v) is 10.1.